The minimum absolute atomic E-state index is 0.248. The van der Waals surface area contributed by atoms with E-state index in [-0.39, 0.29) is 11.2 Å². The van der Waals surface area contributed by atoms with Gasteiger partial charge in [0.15, 0.2) is 5.79 Å². The predicted octanol–water partition coefficient (Wildman–Crippen LogP) is 4.40. The van der Waals surface area contributed by atoms with E-state index in [1.807, 2.05) is 0 Å². The maximum absolute atomic E-state index is 6.09. The zero-order valence-electron chi connectivity index (χ0n) is 16.6. The van der Waals surface area contributed by atoms with E-state index in [1.165, 1.54) is 37.8 Å². The fraction of sp³-hybridized carbons (Fsp3) is 0.864. The van der Waals surface area contributed by atoms with Gasteiger partial charge in [0.1, 0.15) is 0 Å². The highest BCUT2D eigenvalue weighted by Gasteiger charge is 2.60. The van der Waals surface area contributed by atoms with Crippen molar-refractivity contribution in [1.29, 1.82) is 0 Å². The molecule has 144 valence electrons. The zero-order valence-corrected chi connectivity index (χ0v) is 16.6. The first-order valence-electron chi connectivity index (χ1n) is 10.7. The van der Waals surface area contributed by atoms with Gasteiger partial charge < -0.3 is 15.3 Å². The van der Waals surface area contributed by atoms with Crippen molar-refractivity contribution < 1.29 is 9.47 Å². The topological polar surface area (TPSA) is 56.8 Å². The SMILES string of the molecule is CC1=C2CC3(CC[C@]2(C)[C@H]2CC[C@]4(C)/C(=N\N)CC[C@H]4[C@@H]2C1)OCCO3. The third-order valence-electron chi connectivity index (χ3n) is 9.18. The van der Waals surface area contributed by atoms with Crippen LogP contribution in [0.15, 0.2) is 16.2 Å². The van der Waals surface area contributed by atoms with Gasteiger partial charge in [-0.15, -0.1) is 0 Å². The van der Waals surface area contributed by atoms with Crippen LogP contribution < -0.4 is 5.84 Å². The molecule has 26 heavy (non-hydrogen) atoms. The van der Waals surface area contributed by atoms with Crippen LogP contribution in [0.2, 0.25) is 0 Å². The van der Waals surface area contributed by atoms with Crippen LogP contribution in [0.3, 0.4) is 0 Å². The van der Waals surface area contributed by atoms with E-state index in [0.29, 0.717) is 5.41 Å². The third kappa shape index (κ3) is 2.12. The largest absolute Gasteiger partial charge is 0.347 e. The van der Waals surface area contributed by atoms with Crippen LogP contribution in [0, 0.1) is 28.6 Å². The van der Waals surface area contributed by atoms with E-state index in [4.69, 9.17) is 15.3 Å². The van der Waals surface area contributed by atoms with Gasteiger partial charge in [0.05, 0.1) is 13.2 Å². The van der Waals surface area contributed by atoms with Gasteiger partial charge in [-0.3, -0.25) is 0 Å². The lowest BCUT2D eigenvalue weighted by Gasteiger charge is -2.59. The maximum Gasteiger partial charge on any atom is 0.172 e. The molecule has 4 aliphatic carbocycles. The molecule has 5 rings (SSSR count). The Balaban J connectivity index is 1.51. The van der Waals surface area contributed by atoms with Gasteiger partial charge >= 0.3 is 0 Å². The molecule has 2 N–H and O–H groups in total. The Hall–Kier alpha value is -0.870. The van der Waals surface area contributed by atoms with Crippen molar-refractivity contribution in [2.45, 2.75) is 77.9 Å². The number of allylic oxidation sites excluding steroid dienone is 1. The fourth-order valence-corrected chi connectivity index (χ4v) is 7.79. The maximum atomic E-state index is 6.09. The van der Waals surface area contributed by atoms with Gasteiger partial charge in [-0.1, -0.05) is 25.0 Å². The zero-order chi connectivity index (χ0) is 18.2. The number of fused-ring (bicyclic) bond motifs is 5. The standard InChI is InChI=1S/C22H34N2O2/c1-14-12-15-16-4-5-19(24-23)21(16,3)7-6-17(15)20(2)8-9-22(13-18(14)20)25-10-11-26-22/h15-17H,4-13,23H2,1-3H3/b24-19-/t15-,16-,17-,20+,21-/m0/s1. The number of nitrogens with two attached hydrogens (primary N) is 1. The summed E-state index contributed by atoms with van der Waals surface area (Å²) in [6.07, 6.45) is 9.48. The molecular weight excluding hydrogens is 324 g/mol. The van der Waals surface area contributed by atoms with Crippen molar-refractivity contribution in [1.82, 2.24) is 0 Å². The molecule has 0 aromatic rings. The second-order valence-electron chi connectivity index (χ2n) is 10.1. The van der Waals surface area contributed by atoms with Crippen LogP contribution >= 0.6 is 0 Å². The minimum Gasteiger partial charge on any atom is -0.347 e. The molecule has 0 radical (unpaired) electrons. The molecule has 0 aromatic carbocycles. The third-order valence-corrected chi connectivity index (χ3v) is 9.18. The summed E-state index contributed by atoms with van der Waals surface area (Å²) in [4.78, 5) is 0. The smallest absolute Gasteiger partial charge is 0.172 e. The number of nitrogens with zero attached hydrogens (tertiary/aromatic N) is 1. The Bertz CT molecular complexity index is 678. The van der Waals surface area contributed by atoms with Crippen LogP contribution in [0.25, 0.3) is 0 Å². The normalized spacial score (nSPS) is 48.6. The van der Waals surface area contributed by atoms with E-state index >= 15 is 0 Å². The summed E-state index contributed by atoms with van der Waals surface area (Å²) in [6.45, 7) is 8.91. The van der Waals surface area contributed by atoms with E-state index in [9.17, 15) is 0 Å². The van der Waals surface area contributed by atoms with Crippen molar-refractivity contribution in [3.8, 4) is 0 Å². The number of hydrogen-bond donors (Lipinski definition) is 1. The van der Waals surface area contributed by atoms with Crippen LogP contribution in [0.4, 0.5) is 0 Å². The lowest BCUT2D eigenvalue weighted by atomic mass is 9.46. The van der Waals surface area contributed by atoms with Crippen LogP contribution in [-0.2, 0) is 9.47 Å². The Kier molecular flexibility index (Phi) is 3.70. The lowest BCUT2D eigenvalue weighted by Crippen LogP contribution is -2.53. The predicted molar refractivity (Wildman–Crippen MR) is 103 cm³/mol. The van der Waals surface area contributed by atoms with Gasteiger partial charge in [-0.2, -0.15) is 5.10 Å². The summed E-state index contributed by atoms with van der Waals surface area (Å²) < 4.78 is 12.2. The molecule has 0 unspecified atom stereocenters. The van der Waals surface area contributed by atoms with Gasteiger partial charge in [-0.05, 0) is 68.6 Å². The van der Waals surface area contributed by atoms with Crippen molar-refractivity contribution in [3.05, 3.63) is 11.1 Å². The molecule has 5 atom stereocenters. The first-order chi connectivity index (χ1) is 12.4. The Morgan fingerprint density at radius 3 is 2.46 bits per heavy atom. The molecule has 4 nitrogen and oxygen atoms in total. The summed E-state index contributed by atoms with van der Waals surface area (Å²) >= 11 is 0. The van der Waals surface area contributed by atoms with Crippen LogP contribution in [0.5, 0.6) is 0 Å². The monoisotopic (exact) mass is 358 g/mol. The number of hydrogen-bond acceptors (Lipinski definition) is 4. The van der Waals surface area contributed by atoms with Crippen LogP contribution in [0.1, 0.15) is 72.1 Å². The molecule has 1 spiro atoms. The molecule has 1 saturated heterocycles. The summed E-state index contributed by atoms with van der Waals surface area (Å²) in [7, 11) is 0. The average Bonchev–Trinajstić information content (AvgIpc) is 3.21. The van der Waals surface area contributed by atoms with Crippen molar-refractivity contribution >= 4 is 5.71 Å². The molecule has 0 aromatic heterocycles. The minimum atomic E-state index is -0.307. The number of rotatable bonds is 0. The second kappa shape index (κ2) is 5.57. The number of hydrazone groups is 1. The molecule has 1 aliphatic heterocycles. The summed E-state index contributed by atoms with van der Waals surface area (Å²) in [5.41, 5.74) is 5.15. The quantitative estimate of drug-likeness (QED) is 0.397. The summed E-state index contributed by atoms with van der Waals surface area (Å²) in [6, 6.07) is 0. The highest BCUT2D eigenvalue weighted by Crippen LogP contribution is 2.66. The molecule has 4 heteroatoms. The first kappa shape index (κ1) is 17.2. The molecule has 5 aliphatic rings. The van der Waals surface area contributed by atoms with Gasteiger partial charge in [0, 0.05) is 24.0 Å². The van der Waals surface area contributed by atoms with Gasteiger partial charge in [-0.25, -0.2) is 0 Å². The van der Waals surface area contributed by atoms with Crippen LogP contribution in [-0.4, -0.2) is 24.7 Å². The summed E-state index contributed by atoms with van der Waals surface area (Å²) in [5.74, 6) is 7.81. The molecular formula is C22H34N2O2. The molecule has 1 heterocycles. The van der Waals surface area contributed by atoms with E-state index in [0.717, 1.165) is 50.2 Å². The fourth-order valence-electron chi connectivity index (χ4n) is 7.79. The molecule has 0 bridgehead atoms. The van der Waals surface area contributed by atoms with Gasteiger partial charge in [0.25, 0.3) is 0 Å². The van der Waals surface area contributed by atoms with Crippen molar-refractivity contribution in [2.75, 3.05) is 13.2 Å². The Morgan fingerprint density at radius 1 is 1.00 bits per heavy atom. The molecule has 3 saturated carbocycles. The van der Waals surface area contributed by atoms with Gasteiger partial charge in [0.2, 0.25) is 0 Å². The average molecular weight is 359 g/mol. The molecule has 0 amide bonds. The van der Waals surface area contributed by atoms with Crippen molar-refractivity contribution in [3.63, 3.8) is 0 Å². The first-order valence-corrected chi connectivity index (χ1v) is 10.7. The molecule has 4 fully saturated rings. The number of ether oxygens (including phenoxy) is 2. The highest BCUT2D eigenvalue weighted by molar-refractivity contribution is 5.92. The Morgan fingerprint density at radius 2 is 1.73 bits per heavy atom. The second-order valence-corrected chi connectivity index (χ2v) is 10.1. The lowest BCUT2D eigenvalue weighted by molar-refractivity contribution is -0.185. The summed E-state index contributed by atoms with van der Waals surface area (Å²) in [5, 5.41) is 4.22. The highest BCUT2D eigenvalue weighted by atomic mass is 16.7. The van der Waals surface area contributed by atoms with E-state index < -0.39 is 0 Å². The van der Waals surface area contributed by atoms with E-state index in [2.05, 4.69) is 25.9 Å². The van der Waals surface area contributed by atoms with E-state index in [1.54, 1.807) is 11.1 Å². The Labute approximate surface area is 157 Å². The van der Waals surface area contributed by atoms with Crippen molar-refractivity contribution in [2.24, 2.45) is 39.5 Å².